The highest BCUT2D eigenvalue weighted by atomic mass is 16.3. The summed E-state index contributed by atoms with van der Waals surface area (Å²) in [5.74, 6) is 2.29. The molecule has 7 heteroatoms. The molecule has 25 heavy (non-hydrogen) atoms. The first-order chi connectivity index (χ1) is 12.0. The summed E-state index contributed by atoms with van der Waals surface area (Å²) >= 11 is 0. The van der Waals surface area contributed by atoms with E-state index in [0.29, 0.717) is 12.5 Å². The molecule has 0 unspecified atom stereocenters. The molecule has 2 aliphatic rings. The largest absolute Gasteiger partial charge is 0.394 e. The summed E-state index contributed by atoms with van der Waals surface area (Å²) in [4.78, 5) is 14.8. The molecule has 0 bridgehead atoms. The molecule has 2 N–H and O–H groups in total. The number of hydrogen-bond acceptors (Lipinski definition) is 4. The fourth-order valence-electron chi connectivity index (χ4n) is 4.44. The molecular weight excluding hydrogens is 318 g/mol. The molecule has 1 aromatic heterocycles. The molecule has 3 heterocycles. The number of aryl methyl sites for hydroxylation is 1. The van der Waals surface area contributed by atoms with Gasteiger partial charge in [-0.25, -0.2) is 4.79 Å². The van der Waals surface area contributed by atoms with Crippen LogP contribution in [0.15, 0.2) is 0 Å². The van der Waals surface area contributed by atoms with Crippen LogP contribution in [0.4, 0.5) is 4.79 Å². The smallest absolute Gasteiger partial charge is 0.318 e. The average Bonchev–Trinajstić information content (AvgIpc) is 3.18. The Balaban J connectivity index is 1.71. The number of likely N-dealkylation sites (tertiary alicyclic amines) is 1. The number of carbonyl (C=O) groups is 1. The van der Waals surface area contributed by atoms with E-state index in [1.807, 2.05) is 11.8 Å². The van der Waals surface area contributed by atoms with Gasteiger partial charge in [-0.3, -0.25) is 0 Å². The molecule has 1 fully saturated rings. The lowest BCUT2D eigenvalue weighted by atomic mass is 9.87. The van der Waals surface area contributed by atoms with Crippen molar-refractivity contribution < 1.29 is 9.90 Å². The maximum absolute atomic E-state index is 12.9. The Kier molecular flexibility index (Phi) is 5.32. The van der Waals surface area contributed by atoms with Crippen LogP contribution in [-0.2, 0) is 13.0 Å². The third-order valence-electron chi connectivity index (χ3n) is 5.54. The van der Waals surface area contributed by atoms with Gasteiger partial charge in [0.1, 0.15) is 5.82 Å². The highest BCUT2D eigenvalue weighted by Gasteiger charge is 2.43. The third-order valence-corrected chi connectivity index (χ3v) is 5.54. The van der Waals surface area contributed by atoms with Crippen molar-refractivity contribution in [2.24, 2.45) is 5.92 Å². The van der Waals surface area contributed by atoms with E-state index in [9.17, 15) is 9.90 Å². The van der Waals surface area contributed by atoms with E-state index in [1.165, 1.54) is 0 Å². The number of aliphatic hydroxyl groups excluding tert-OH is 1. The zero-order valence-corrected chi connectivity index (χ0v) is 15.7. The number of amides is 2. The second-order valence-corrected chi connectivity index (χ2v) is 7.99. The molecule has 140 valence electrons. The van der Waals surface area contributed by atoms with Gasteiger partial charge in [-0.2, -0.15) is 0 Å². The minimum absolute atomic E-state index is 0.0211. The minimum Gasteiger partial charge on any atom is -0.394 e. The molecule has 2 amide bonds. The number of hydrogen-bond donors (Lipinski definition) is 2. The van der Waals surface area contributed by atoms with Crippen molar-refractivity contribution in [3.63, 3.8) is 0 Å². The van der Waals surface area contributed by atoms with Crippen molar-refractivity contribution in [1.82, 2.24) is 25.0 Å². The zero-order chi connectivity index (χ0) is 18.0. The highest BCUT2D eigenvalue weighted by Crippen LogP contribution is 2.35. The van der Waals surface area contributed by atoms with E-state index in [4.69, 9.17) is 0 Å². The van der Waals surface area contributed by atoms with Crippen LogP contribution >= 0.6 is 0 Å². The Bertz CT molecular complexity index is 615. The number of rotatable bonds is 5. The summed E-state index contributed by atoms with van der Waals surface area (Å²) < 4.78 is 2.14. The summed E-state index contributed by atoms with van der Waals surface area (Å²) in [5.41, 5.74) is -0.428. The van der Waals surface area contributed by atoms with Crippen molar-refractivity contribution in [3.8, 4) is 0 Å². The van der Waals surface area contributed by atoms with Gasteiger partial charge < -0.3 is 19.9 Å². The lowest BCUT2D eigenvalue weighted by molar-refractivity contribution is 0.0665. The maximum Gasteiger partial charge on any atom is 0.318 e. The quantitative estimate of drug-likeness (QED) is 0.854. The minimum atomic E-state index is -0.428. The van der Waals surface area contributed by atoms with Gasteiger partial charge in [0.15, 0.2) is 5.82 Å². The van der Waals surface area contributed by atoms with Gasteiger partial charge in [0.25, 0.3) is 0 Å². The molecule has 7 nitrogen and oxygen atoms in total. The first-order valence-corrected chi connectivity index (χ1v) is 9.58. The normalized spacial score (nSPS) is 24.4. The predicted molar refractivity (Wildman–Crippen MR) is 95.1 cm³/mol. The third kappa shape index (κ3) is 3.52. The molecule has 2 atom stereocenters. The second-order valence-electron chi connectivity index (χ2n) is 7.99. The lowest BCUT2D eigenvalue weighted by Gasteiger charge is -2.39. The van der Waals surface area contributed by atoms with Gasteiger partial charge in [0.05, 0.1) is 18.2 Å². The van der Waals surface area contributed by atoms with Crippen molar-refractivity contribution >= 4 is 6.03 Å². The molecule has 0 spiro atoms. The molecule has 0 aliphatic carbocycles. The molecule has 1 saturated heterocycles. The fourth-order valence-corrected chi connectivity index (χ4v) is 4.44. The lowest BCUT2D eigenvalue weighted by Crippen LogP contribution is -2.54. The van der Waals surface area contributed by atoms with Crippen LogP contribution in [0, 0.1) is 5.92 Å². The number of nitrogens with zero attached hydrogens (tertiary/aromatic N) is 4. The molecule has 0 saturated carbocycles. The number of urea groups is 1. The number of carbonyl (C=O) groups excluding carboxylic acids is 1. The van der Waals surface area contributed by atoms with Gasteiger partial charge in [0, 0.05) is 19.5 Å². The van der Waals surface area contributed by atoms with Crippen molar-refractivity contribution in [1.29, 1.82) is 0 Å². The molecule has 0 radical (unpaired) electrons. The first kappa shape index (κ1) is 18.2. The standard InChI is InChI=1S/C18H31N5O2/c1-13(2)11-18(12-24)8-6-10-23(18)17(25)19-14(3)16-21-20-15-7-4-5-9-22(15)16/h13-14,24H,4-12H2,1-3H3,(H,19,25)/t14-,18+/m1/s1. The second kappa shape index (κ2) is 7.32. The van der Waals surface area contributed by atoms with Crippen molar-refractivity contribution in [2.75, 3.05) is 13.2 Å². The summed E-state index contributed by atoms with van der Waals surface area (Å²) in [6, 6.07) is -0.296. The Morgan fingerprint density at radius 2 is 2.04 bits per heavy atom. The highest BCUT2D eigenvalue weighted by molar-refractivity contribution is 5.76. The van der Waals surface area contributed by atoms with Crippen molar-refractivity contribution in [2.45, 2.75) is 77.4 Å². The van der Waals surface area contributed by atoms with Gasteiger partial charge >= 0.3 is 6.03 Å². The molecule has 0 aromatic carbocycles. The van der Waals surface area contributed by atoms with Gasteiger partial charge in [-0.05, 0) is 44.9 Å². The van der Waals surface area contributed by atoms with Crippen LogP contribution in [0.25, 0.3) is 0 Å². The van der Waals surface area contributed by atoms with Gasteiger partial charge in [-0.15, -0.1) is 10.2 Å². The van der Waals surface area contributed by atoms with Gasteiger partial charge in [-0.1, -0.05) is 13.8 Å². The van der Waals surface area contributed by atoms with E-state index in [1.54, 1.807) is 0 Å². The fraction of sp³-hybridized carbons (Fsp3) is 0.833. The van der Waals surface area contributed by atoms with Crippen LogP contribution in [0.2, 0.25) is 0 Å². The summed E-state index contributed by atoms with van der Waals surface area (Å²) in [6.45, 7) is 7.88. The Morgan fingerprint density at radius 3 is 2.76 bits per heavy atom. The van der Waals surface area contributed by atoms with E-state index >= 15 is 0 Å². The van der Waals surface area contributed by atoms with E-state index in [2.05, 4.69) is 33.9 Å². The van der Waals surface area contributed by atoms with Crippen LogP contribution < -0.4 is 5.32 Å². The monoisotopic (exact) mass is 349 g/mol. The number of nitrogens with one attached hydrogen (secondary N) is 1. The summed E-state index contributed by atoms with van der Waals surface area (Å²) in [5, 5.41) is 21.7. The SMILES string of the molecule is CC(C)C[C@]1(CO)CCCN1C(=O)N[C@H](C)c1nnc2n1CCCC2. The van der Waals surface area contributed by atoms with E-state index < -0.39 is 5.54 Å². The number of aromatic nitrogens is 3. The summed E-state index contributed by atoms with van der Waals surface area (Å²) in [7, 11) is 0. The van der Waals surface area contributed by atoms with E-state index in [-0.39, 0.29) is 18.7 Å². The predicted octanol–water partition coefficient (Wildman–Crippen LogP) is 2.26. The van der Waals surface area contributed by atoms with E-state index in [0.717, 1.165) is 56.7 Å². The maximum atomic E-state index is 12.9. The van der Waals surface area contributed by atoms with Crippen molar-refractivity contribution in [3.05, 3.63) is 11.6 Å². The number of fused-ring (bicyclic) bond motifs is 1. The zero-order valence-electron chi connectivity index (χ0n) is 15.7. The Hall–Kier alpha value is -1.63. The molecule has 1 aromatic rings. The van der Waals surface area contributed by atoms with Crippen LogP contribution in [-0.4, -0.2) is 49.5 Å². The summed E-state index contributed by atoms with van der Waals surface area (Å²) in [6.07, 6.45) is 5.88. The van der Waals surface area contributed by atoms with Crippen LogP contribution in [0.3, 0.4) is 0 Å². The molecule has 2 aliphatic heterocycles. The average molecular weight is 349 g/mol. The first-order valence-electron chi connectivity index (χ1n) is 9.58. The Labute approximate surface area is 149 Å². The van der Waals surface area contributed by atoms with Crippen LogP contribution in [0.5, 0.6) is 0 Å². The molecule has 3 rings (SSSR count). The van der Waals surface area contributed by atoms with Gasteiger partial charge in [0.2, 0.25) is 0 Å². The topological polar surface area (TPSA) is 83.3 Å². The van der Waals surface area contributed by atoms with Crippen LogP contribution in [0.1, 0.15) is 70.6 Å². The molecular formula is C18H31N5O2. The number of aliphatic hydroxyl groups is 1. The Morgan fingerprint density at radius 1 is 1.24 bits per heavy atom.